The van der Waals surface area contributed by atoms with Gasteiger partial charge in [0.25, 0.3) is 0 Å². The van der Waals surface area contributed by atoms with Crippen molar-refractivity contribution >= 4 is 11.8 Å². The maximum absolute atomic E-state index is 14.1. The molecule has 0 unspecified atom stereocenters. The summed E-state index contributed by atoms with van der Waals surface area (Å²) in [6, 6.07) is 5.47. The molecule has 1 fully saturated rings. The largest absolute Gasteiger partial charge is 0.313 e. The smallest absolute Gasteiger partial charge is 0.137 e. The molecule has 1 saturated carbocycles. The normalized spacial score (nSPS) is 16.7. The van der Waals surface area contributed by atoms with Crippen molar-refractivity contribution in [3.05, 3.63) is 29.6 Å². The van der Waals surface area contributed by atoms with Crippen molar-refractivity contribution < 1.29 is 4.39 Å². The fraction of sp³-hybridized carbons (Fsp3) is 0.625. The zero-order valence-corrected chi connectivity index (χ0v) is 12.6. The molecule has 19 heavy (non-hydrogen) atoms. The minimum Gasteiger partial charge on any atom is -0.313 e. The van der Waals surface area contributed by atoms with Crippen molar-refractivity contribution in [1.29, 1.82) is 0 Å². The van der Waals surface area contributed by atoms with Gasteiger partial charge in [0, 0.05) is 16.7 Å². The SMILES string of the molecule is CCCNCc1cccc(F)c1SC1CCCCC1. The van der Waals surface area contributed by atoms with Crippen LogP contribution in [0.3, 0.4) is 0 Å². The minimum atomic E-state index is -0.0497. The van der Waals surface area contributed by atoms with Gasteiger partial charge in [-0.3, -0.25) is 0 Å². The van der Waals surface area contributed by atoms with Crippen LogP contribution in [0.2, 0.25) is 0 Å². The van der Waals surface area contributed by atoms with Crippen LogP contribution in [0.1, 0.15) is 51.0 Å². The van der Waals surface area contributed by atoms with Crippen LogP contribution < -0.4 is 5.32 Å². The molecule has 106 valence electrons. The van der Waals surface area contributed by atoms with Crippen molar-refractivity contribution in [2.75, 3.05) is 6.54 Å². The monoisotopic (exact) mass is 281 g/mol. The summed E-state index contributed by atoms with van der Waals surface area (Å²) in [4.78, 5) is 0.873. The van der Waals surface area contributed by atoms with Crippen molar-refractivity contribution in [2.45, 2.75) is 62.1 Å². The Morgan fingerprint density at radius 2 is 2.05 bits per heavy atom. The van der Waals surface area contributed by atoms with E-state index < -0.39 is 0 Å². The van der Waals surface area contributed by atoms with Gasteiger partial charge in [-0.2, -0.15) is 0 Å². The van der Waals surface area contributed by atoms with Crippen LogP contribution in [0.25, 0.3) is 0 Å². The summed E-state index contributed by atoms with van der Waals surface area (Å²) < 4.78 is 14.1. The highest BCUT2D eigenvalue weighted by atomic mass is 32.2. The number of halogens is 1. The van der Waals surface area contributed by atoms with E-state index in [2.05, 4.69) is 18.3 Å². The Morgan fingerprint density at radius 3 is 2.79 bits per heavy atom. The Hall–Kier alpha value is -0.540. The van der Waals surface area contributed by atoms with Gasteiger partial charge in [0.15, 0.2) is 0 Å². The van der Waals surface area contributed by atoms with Crippen LogP contribution in [0.4, 0.5) is 4.39 Å². The minimum absolute atomic E-state index is 0.0497. The number of benzene rings is 1. The topological polar surface area (TPSA) is 12.0 Å². The maximum atomic E-state index is 14.1. The van der Waals surface area contributed by atoms with Gasteiger partial charge in [0.05, 0.1) is 0 Å². The van der Waals surface area contributed by atoms with Gasteiger partial charge in [-0.25, -0.2) is 4.39 Å². The predicted molar refractivity (Wildman–Crippen MR) is 81.1 cm³/mol. The third-order valence-corrected chi connectivity index (χ3v) is 5.13. The average molecular weight is 281 g/mol. The molecule has 1 aromatic rings. The molecule has 1 N–H and O–H groups in total. The summed E-state index contributed by atoms with van der Waals surface area (Å²) in [5, 5.41) is 3.98. The molecule has 1 nitrogen and oxygen atoms in total. The summed E-state index contributed by atoms with van der Waals surface area (Å²) in [6.45, 7) is 3.92. The first-order valence-corrected chi connectivity index (χ1v) is 8.34. The van der Waals surface area contributed by atoms with E-state index in [0.29, 0.717) is 5.25 Å². The highest BCUT2D eigenvalue weighted by Crippen LogP contribution is 2.36. The van der Waals surface area contributed by atoms with Gasteiger partial charge >= 0.3 is 0 Å². The standard InChI is InChI=1S/C16H24FNS/c1-2-11-18-12-13-7-6-10-15(17)16(13)19-14-8-4-3-5-9-14/h6-7,10,14,18H,2-5,8-9,11-12H2,1H3. The van der Waals surface area contributed by atoms with Crippen molar-refractivity contribution in [3.63, 3.8) is 0 Å². The number of rotatable bonds is 6. The maximum Gasteiger partial charge on any atom is 0.137 e. The van der Waals surface area contributed by atoms with E-state index in [1.807, 2.05) is 6.07 Å². The number of nitrogens with one attached hydrogen (secondary N) is 1. The lowest BCUT2D eigenvalue weighted by Gasteiger charge is -2.22. The van der Waals surface area contributed by atoms with Gasteiger partial charge in [-0.05, 0) is 37.4 Å². The Kier molecular flexibility index (Phi) is 6.18. The van der Waals surface area contributed by atoms with Gasteiger partial charge in [0.2, 0.25) is 0 Å². The Bertz CT molecular complexity index is 388. The van der Waals surface area contributed by atoms with Crippen molar-refractivity contribution in [3.8, 4) is 0 Å². The number of thioether (sulfide) groups is 1. The second kappa shape index (κ2) is 7.91. The van der Waals surface area contributed by atoms with Crippen LogP contribution in [0, 0.1) is 5.82 Å². The van der Waals surface area contributed by atoms with Crippen molar-refractivity contribution in [2.24, 2.45) is 0 Å². The van der Waals surface area contributed by atoms with E-state index in [0.717, 1.165) is 30.0 Å². The molecule has 0 aliphatic heterocycles. The van der Waals surface area contributed by atoms with E-state index >= 15 is 0 Å². The van der Waals surface area contributed by atoms with E-state index in [9.17, 15) is 4.39 Å². The van der Waals surface area contributed by atoms with E-state index in [1.54, 1.807) is 17.8 Å². The molecule has 1 aliphatic carbocycles. The number of hydrogen-bond acceptors (Lipinski definition) is 2. The quantitative estimate of drug-likeness (QED) is 0.755. The molecule has 0 spiro atoms. The first kappa shape index (κ1) is 14.9. The van der Waals surface area contributed by atoms with Gasteiger partial charge in [-0.1, -0.05) is 38.3 Å². The van der Waals surface area contributed by atoms with Crippen LogP contribution in [-0.2, 0) is 6.54 Å². The highest BCUT2D eigenvalue weighted by Gasteiger charge is 2.18. The second-order valence-corrected chi connectivity index (χ2v) is 6.59. The molecule has 1 aromatic carbocycles. The van der Waals surface area contributed by atoms with Crippen LogP contribution in [0.15, 0.2) is 23.1 Å². The third kappa shape index (κ3) is 4.50. The zero-order valence-electron chi connectivity index (χ0n) is 11.8. The number of hydrogen-bond donors (Lipinski definition) is 1. The van der Waals surface area contributed by atoms with Crippen LogP contribution >= 0.6 is 11.8 Å². The third-order valence-electron chi connectivity index (χ3n) is 3.63. The first-order valence-electron chi connectivity index (χ1n) is 7.46. The highest BCUT2D eigenvalue weighted by molar-refractivity contribution is 8.00. The molecular weight excluding hydrogens is 257 g/mol. The van der Waals surface area contributed by atoms with Gasteiger partial charge < -0.3 is 5.32 Å². The summed E-state index contributed by atoms with van der Waals surface area (Å²) in [5.41, 5.74) is 1.11. The Morgan fingerprint density at radius 1 is 1.26 bits per heavy atom. The molecule has 0 radical (unpaired) electrons. The van der Waals surface area contributed by atoms with Crippen LogP contribution in [0.5, 0.6) is 0 Å². The molecule has 0 atom stereocenters. The van der Waals surface area contributed by atoms with Gasteiger partial charge in [0.1, 0.15) is 5.82 Å². The second-order valence-electron chi connectivity index (χ2n) is 5.28. The molecule has 1 aliphatic rings. The molecule has 0 bridgehead atoms. The summed E-state index contributed by atoms with van der Waals surface area (Å²) in [5.74, 6) is -0.0497. The van der Waals surface area contributed by atoms with E-state index in [-0.39, 0.29) is 5.82 Å². The predicted octanol–water partition coefficient (Wildman–Crippen LogP) is 4.75. The fourth-order valence-corrected chi connectivity index (χ4v) is 3.95. The molecule has 0 heterocycles. The summed E-state index contributed by atoms with van der Waals surface area (Å²) in [7, 11) is 0. The van der Waals surface area contributed by atoms with Crippen LogP contribution in [-0.4, -0.2) is 11.8 Å². The fourth-order valence-electron chi connectivity index (χ4n) is 2.57. The lowest BCUT2D eigenvalue weighted by molar-refractivity contribution is 0.514. The summed E-state index contributed by atoms with van der Waals surface area (Å²) in [6.07, 6.45) is 7.53. The molecule has 2 rings (SSSR count). The first-order chi connectivity index (χ1) is 9.31. The van der Waals surface area contributed by atoms with E-state index in [1.165, 1.54) is 32.1 Å². The Balaban J connectivity index is 2.03. The molecule has 3 heteroatoms. The van der Waals surface area contributed by atoms with Gasteiger partial charge in [-0.15, -0.1) is 11.8 Å². The van der Waals surface area contributed by atoms with E-state index in [4.69, 9.17) is 0 Å². The molecular formula is C16H24FNS. The Labute approximate surface area is 120 Å². The zero-order chi connectivity index (χ0) is 13.5. The van der Waals surface area contributed by atoms with Crippen molar-refractivity contribution in [1.82, 2.24) is 5.32 Å². The molecule has 0 aromatic heterocycles. The molecule has 0 amide bonds. The summed E-state index contributed by atoms with van der Waals surface area (Å²) >= 11 is 1.76. The lowest BCUT2D eigenvalue weighted by Crippen LogP contribution is -2.15. The lowest BCUT2D eigenvalue weighted by atomic mass is 10.0. The molecule has 0 saturated heterocycles. The average Bonchev–Trinajstić information content (AvgIpc) is 2.44.